The van der Waals surface area contributed by atoms with Crippen LogP contribution >= 0.6 is 0 Å². The van der Waals surface area contributed by atoms with E-state index in [1.807, 2.05) is 24.3 Å². The molecule has 0 spiro atoms. The summed E-state index contributed by atoms with van der Waals surface area (Å²) >= 11 is 0. The first kappa shape index (κ1) is 15.4. The van der Waals surface area contributed by atoms with Crippen LogP contribution < -0.4 is 11.1 Å². The molecule has 0 radical (unpaired) electrons. The number of fused-ring (bicyclic) bond motifs is 2. The zero-order valence-electron chi connectivity index (χ0n) is 13.9. The van der Waals surface area contributed by atoms with E-state index in [0.29, 0.717) is 22.2 Å². The quantitative estimate of drug-likeness (QED) is 0.476. The minimum Gasteiger partial charge on any atom is -0.373 e. The number of pyridine rings is 1. The maximum absolute atomic E-state index is 14.5. The Labute approximate surface area is 152 Å². The van der Waals surface area contributed by atoms with E-state index in [9.17, 15) is 9.18 Å². The number of amides is 1. The monoisotopic (exact) mass is 360 g/mol. The van der Waals surface area contributed by atoms with Crippen LogP contribution in [0.2, 0.25) is 0 Å². The summed E-state index contributed by atoms with van der Waals surface area (Å²) in [6.45, 7) is 0. The van der Waals surface area contributed by atoms with Gasteiger partial charge in [-0.15, -0.1) is 10.2 Å². The van der Waals surface area contributed by atoms with Crippen molar-refractivity contribution in [3.05, 3.63) is 71.6 Å². The van der Waals surface area contributed by atoms with Crippen LogP contribution in [0.5, 0.6) is 0 Å². The molecule has 0 fully saturated rings. The molecule has 0 saturated heterocycles. The number of hydrogen-bond donors (Lipinski definition) is 3. The van der Waals surface area contributed by atoms with Crippen molar-refractivity contribution < 1.29 is 9.18 Å². The number of anilines is 1. The van der Waals surface area contributed by atoms with Gasteiger partial charge in [0.25, 0.3) is 5.91 Å². The normalized spacial score (nSPS) is 15.1. The Bertz CT molecular complexity index is 1220. The summed E-state index contributed by atoms with van der Waals surface area (Å²) in [5, 5.41) is 12.2. The van der Waals surface area contributed by atoms with Gasteiger partial charge in [0, 0.05) is 45.7 Å². The van der Waals surface area contributed by atoms with Gasteiger partial charge in [0.2, 0.25) is 5.95 Å². The van der Waals surface area contributed by atoms with Gasteiger partial charge in [-0.3, -0.25) is 4.79 Å². The molecule has 4 heterocycles. The van der Waals surface area contributed by atoms with Crippen LogP contribution in [0.1, 0.15) is 27.7 Å². The van der Waals surface area contributed by atoms with Crippen LogP contribution in [-0.4, -0.2) is 26.1 Å². The van der Waals surface area contributed by atoms with E-state index in [0.717, 1.165) is 16.8 Å². The number of halogens is 1. The number of nitrogens with one attached hydrogen (secondary N) is 2. The van der Waals surface area contributed by atoms with Crippen LogP contribution in [0.25, 0.3) is 22.2 Å². The fourth-order valence-electron chi connectivity index (χ4n) is 3.62. The van der Waals surface area contributed by atoms with Crippen LogP contribution in [0.4, 0.5) is 10.1 Å². The molecule has 4 N–H and O–H groups in total. The van der Waals surface area contributed by atoms with Gasteiger partial charge in [-0.2, -0.15) is 4.39 Å². The second-order valence-electron chi connectivity index (χ2n) is 6.26. The molecule has 1 aromatic carbocycles. The Hall–Kier alpha value is -3.81. The van der Waals surface area contributed by atoms with Crippen molar-refractivity contribution in [2.45, 2.75) is 6.04 Å². The van der Waals surface area contributed by atoms with Crippen LogP contribution in [-0.2, 0) is 0 Å². The first-order valence-corrected chi connectivity index (χ1v) is 8.29. The van der Waals surface area contributed by atoms with Gasteiger partial charge in [-0.25, -0.2) is 4.98 Å². The molecule has 8 heteroatoms. The van der Waals surface area contributed by atoms with E-state index in [-0.39, 0.29) is 5.69 Å². The van der Waals surface area contributed by atoms with E-state index >= 15 is 0 Å². The molecule has 0 bridgehead atoms. The van der Waals surface area contributed by atoms with Gasteiger partial charge < -0.3 is 16.0 Å². The number of H-pyrrole nitrogens is 1. The van der Waals surface area contributed by atoms with Gasteiger partial charge in [0.1, 0.15) is 0 Å². The standard InChI is InChI=1S/C19H13FN6O/c20-17-10(5-3-7-22-17)15-11-8-23-19-14(11)13(16(18(21)27)25-26-19)9-4-1-2-6-12(9)24-15/h1-8,15,24H,(H2,21,27)(H,23,26). The number of hydrogen-bond acceptors (Lipinski definition) is 5. The number of carbonyl (C=O) groups is 1. The average molecular weight is 360 g/mol. The number of rotatable bonds is 2. The summed E-state index contributed by atoms with van der Waals surface area (Å²) in [5.41, 5.74) is 9.32. The molecule has 1 amide bonds. The Morgan fingerprint density at radius 3 is 2.78 bits per heavy atom. The number of para-hydroxylation sites is 1. The summed E-state index contributed by atoms with van der Waals surface area (Å²) in [4.78, 5) is 18.9. The SMILES string of the molecule is NC(=O)c1nnc2[nH]cc3c2c1-c1ccccc1NC3c1cccnc1F. The third-order valence-electron chi connectivity index (χ3n) is 4.77. The highest BCUT2D eigenvalue weighted by atomic mass is 19.1. The largest absolute Gasteiger partial charge is 0.373 e. The number of primary amides is 1. The summed E-state index contributed by atoms with van der Waals surface area (Å²) in [6, 6.07) is 10.3. The van der Waals surface area contributed by atoms with Gasteiger partial charge >= 0.3 is 0 Å². The number of carbonyl (C=O) groups excluding carboxylic acids is 1. The second-order valence-corrected chi connectivity index (χ2v) is 6.26. The lowest BCUT2D eigenvalue weighted by Crippen LogP contribution is -2.15. The van der Waals surface area contributed by atoms with Gasteiger partial charge in [-0.05, 0) is 12.1 Å². The maximum atomic E-state index is 14.5. The molecule has 3 aromatic heterocycles. The molecule has 5 rings (SSSR count). The lowest BCUT2D eigenvalue weighted by molar-refractivity contribution is 0.0995. The van der Waals surface area contributed by atoms with Crippen molar-refractivity contribution in [1.29, 1.82) is 0 Å². The molecule has 132 valence electrons. The molecule has 1 atom stereocenters. The zero-order valence-corrected chi connectivity index (χ0v) is 13.9. The predicted octanol–water partition coefficient (Wildman–Crippen LogP) is 2.77. The number of aromatic amines is 1. The summed E-state index contributed by atoms with van der Waals surface area (Å²) < 4.78 is 14.5. The van der Waals surface area contributed by atoms with Gasteiger partial charge in [0.05, 0.1) is 6.04 Å². The highest BCUT2D eigenvalue weighted by Crippen LogP contribution is 2.44. The smallest absolute Gasteiger partial charge is 0.269 e. The van der Waals surface area contributed by atoms with Crippen molar-refractivity contribution >= 4 is 22.6 Å². The number of benzene rings is 1. The zero-order chi connectivity index (χ0) is 18.5. The van der Waals surface area contributed by atoms with Gasteiger partial charge in [-0.1, -0.05) is 24.3 Å². The van der Waals surface area contributed by atoms with Crippen molar-refractivity contribution in [2.24, 2.45) is 5.73 Å². The number of nitrogens with two attached hydrogens (primary N) is 1. The molecular weight excluding hydrogens is 347 g/mol. The molecule has 1 aliphatic heterocycles. The minimum absolute atomic E-state index is 0.0740. The molecule has 1 aliphatic rings. The fraction of sp³-hybridized carbons (Fsp3) is 0.0526. The highest BCUT2D eigenvalue weighted by molar-refractivity contribution is 6.10. The molecule has 4 aromatic rings. The fourth-order valence-corrected chi connectivity index (χ4v) is 3.62. The van der Waals surface area contributed by atoms with E-state index in [2.05, 4.69) is 25.5 Å². The van der Waals surface area contributed by atoms with Crippen LogP contribution in [0.15, 0.2) is 48.8 Å². The van der Waals surface area contributed by atoms with Crippen LogP contribution in [0, 0.1) is 5.95 Å². The van der Waals surface area contributed by atoms with E-state index in [1.165, 1.54) is 6.20 Å². The lowest BCUT2D eigenvalue weighted by Gasteiger charge is -2.19. The Morgan fingerprint density at radius 1 is 1.11 bits per heavy atom. The molecule has 0 aliphatic carbocycles. The predicted molar refractivity (Wildman–Crippen MR) is 97.5 cm³/mol. The minimum atomic E-state index is -0.674. The summed E-state index contributed by atoms with van der Waals surface area (Å²) in [5.74, 6) is -1.24. The van der Waals surface area contributed by atoms with E-state index in [4.69, 9.17) is 5.73 Å². The number of aromatic nitrogens is 4. The van der Waals surface area contributed by atoms with Gasteiger partial charge in [0.15, 0.2) is 11.3 Å². The topological polar surface area (TPSA) is 110 Å². The average Bonchev–Trinajstić information content (AvgIpc) is 3.04. The van der Waals surface area contributed by atoms with Crippen molar-refractivity contribution in [2.75, 3.05) is 5.32 Å². The highest BCUT2D eigenvalue weighted by Gasteiger charge is 2.31. The van der Waals surface area contributed by atoms with Crippen molar-refractivity contribution in [3.63, 3.8) is 0 Å². The third kappa shape index (κ3) is 2.20. The molecule has 1 unspecified atom stereocenters. The Morgan fingerprint density at radius 2 is 1.96 bits per heavy atom. The number of nitrogens with zero attached hydrogens (tertiary/aromatic N) is 3. The molecular formula is C19H13FN6O. The lowest BCUT2D eigenvalue weighted by atomic mass is 9.96. The van der Waals surface area contributed by atoms with E-state index in [1.54, 1.807) is 18.3 Å². The second kappa shape index (κ2) is 5.60. The third-order valence-corrected chi connectivity index (χ3v) is 4.77. The first-order chi connectivity index (χ1) is 13.1. The van der Waals surface area contributed by atoms with Crippen molar-refractivity contribution in [3.8, 4) is 11.1 Å². The molecule has 7 nitrogen and oxygen atoms in total. The Kier molecular flexibility index (Phi) is 3.20. The molecule has 27 heavy (non-hydrogen) atoms. The molecule has 0 saturated carbocycles. The summed E-state index contributed by atoms with van der Waals surface area (Å²) in [7, 11) is 0. The first-order valence-electron chi connectivity index (χ1n) is 8.29. The summed E-state index contributed by atoms with van der Waals surface area (Å²) in [6.07, 6.45) is 3.14. The van der Waals surface area contributed by atoms with E-state index < -0.39 is 17.9 Å². The van der Waals surface area contributed by atoms with Crippen LogP contribution in [0.3, 0.4) is 0 Å². The maximum Gasteiger partial charge on any atom is 0.269 e. The Balaban J connectivity index is 1.92. The van der Waals surface area contributed by atoms with Crippen molar-refractivity contribution in [1.82, 2.24) is 20.2 Å².